The highest BCUT2D eigenvalue weighted by Crippen LogP contribution is 2.32. The van der Waals surface area contributed by atoms with Crippen LogP contribution in [-0.2, 0) is 6.42 Å². The summed E-state index contributed by atoms with van der Waals surface area (Å²) in [5, 5.41) is 16.0. The van der Waals surface area contributed by atoms with Crippen molar-refractivity contribution in [2.24, 2.45) is 5.92 Å². The lowest BCUT2D eigenvalue weighted by Crippen LogP contribution is -2.22. The van der Waals surface area contributed by atoms with E-state index < -0.39 is 0 Å². The van der Waals surface area contributed by atoms with Gasteiger partial charge in [0.05, 0.1) is 6.10 Å². The monoisotopic (exact) mass is 236 g/mol. The number of aliphatic hydroxyl groups is 1. The Balaban J connectivity index is 1.98. The summed E-state index contributed by atoms with van der Waals surface area (Å²) in [4.78, 5) is 8.70. The minimum Gasteiger partial charge on any atom is -0.391 e. The van der Waals surface area contributed by atoms with Crippen LogP contribution >= 0.6 is 0 Å². The maximum atomic E-state index is 9.78. The van der Waals surface area contributed by atoms with Crippen molar-refractivity contribution in [3.63, 3.8) is 0 Å². The molecule has 1 atom stereocenters. The van der Waals surface area contributed by atoms with Crippen LogP contribution in [0.2, 0.25) is 0 Å². The Kier molecular flexibility index (Phi) is 3.78. The fraction of sp³-hybridized carbons (Fsp3) is 0.667. The lowest BCUT2D eigenvalue weighted by atomic mass is 10.2. The summed E-state index contributed by atoms with van der Waals surface area (Å²) < 4.78 is 0. The van der Waals surface area contributed by atoms with Gasteiger partial charge in [-0.1, -0.05) is 6.92 Å². The highest BCUT2D eigenvalue weighted by atomic mass is 16.3. The zero-order valence-corrected chi connectivity index (χ0v) is 10.4. The van der Waals surface area contributed by atoms with Gasteiger partial charge in [0.2, 0.25) is 0 Å². The van der Waals surface area contributed by atoms with Crippen molar-refractivity contribution in [1.29, 1.82) is 0 Å². The average Bonchev–Trinajstić information content (AvgIpc) is 3.19. The number of hydrogen-bond donors (Lipinski definition) is 3. The molecule has 0 spiro atoms. The van der Waals surface area contributed by atoms with Crippen LogP contribution in [0.1, 0.15) is 25.6 Å². The molecule has 1 aliphatic carbocycles. The number of aliphatic hydroxyl groups excluding tert-OH is 1. The molecule has 5 heteroatoms. The first-order chi connectivity index (χ1) is 8.22. The molecule has 1 fully saturated rings. The summed E-state index contributed by atoms with van der Waals surface area (Å²) in [6, 6.07) is 1.86. The van der Waals surface area contributed by atoms with E-state index in [-0.39, 0.29) is 6.10 Å². The molecule has 17 heavy (non-hydrogen) atoms. The SMILES string of the molecule is CCc1nc(NC)cc(NCC(O)C2CC2)n1. The van der Waals surface area contributed by atoms with Gasteiger partial charge in [-0.05, 0) is 18.8 Å². The van der Waals surface area contributed by atoms with Crippen LogP contribution in [0, 0.1) is 5.92 Å². The molecule has 5 nitrogen and oxygen atoms in total. The van der Waals surface area contributed by atoms with Crippen LogP contribution in [0.15, 0.2) is 6.07 Å². The smallest absolute Gasteiger partial charge is 0.132 e. The predicted molar refractivity (Wildman–Crippen MR) is 68.2 cm³/mol. The number of hydrogen-bond acceptors (Lipinski definition) is 5. The molecule has 1 aromatic rings. The Morgan fingerprint density at radius 2 is 2.12 bits per heavy atom. The number of aryl methyl sites for hydroxylation is 1. The molecule has 1 aromatic heterocycles. The highest BCUT2D eigenvalue weighted by molar-refractivity contribution is 5.47. The van der Waals surface area contributed by atoms with E-state index in [1.54, 1.807) is 0 Å². The van der Waals surface area contributed by atoms with Gasteiger partial charge in [-0.15, -0.1) is 0 Å². The Bertz CT molecular complexity index is 357. The van der Waals surface area contributed by atoms with Crippen molar-refractivity contribution in [2.45, 2.75) is 32.3 Å². The van der Waals surface area contributed by atoms with Crippen LogP contribution in [0.3, 0.4) is 0 Å². The molecule has 94 valence electrons. The molecule has 0 aromatic carbocycles. The summed E-state index contributed by atoms with van der Waals surface area (Å²) in [7, 11) is 1.84. The first-order valence-corrected chi connectivity index (χ1v) is 6.20. The molecule has 1 unspecified atom stereocenters. The topological polar surface area (TPSA) is 70.1 Å². The molecule has 3 N–H and O–H groups in total. The first kappa shape index (κ1) is 12.1. The maximum Gasteiger partial charge on any atom is 0.132 e. The summed E-state index contributed by atoms with van der Waals surface area (Å²) in [5.41, 5.74) is 0. The second kappa shape index (κ2) is 5.31. The van der Waals surface area contributed by atoms with Crippen molar-refractivity contribution < 1.29 is 5.11 Å². The molecule has 0 saturated heterocycles. The Hall–Kier alpha value is -1.36. The Morgan fingerprint density at radius 3 is 2.71 bits per heavy atom. The molecule has 1 heterocycles. The predicted octanol–water partition coefficient (Wildman–Crippen LogP) is 1.26. The number of anilines is 2. The summed E-state index contributed by atoms with van der Waals surface area (Å²) in [6.07, 6.45) is 2.84. The van der Waals surface area contributed by atoms with Gasteiger partial charge in [-0.25, -0.2) is 9.97 Å². The van der Waals surface area contributed by atoms with Crippen molar-refractivity contribution in [1.82, 2.24) is 9.97 Å². The van der Waals surface area contributed by atoms with E-state index in [2.05, 4.69) is 20.6 Å². The minimum absolute atomic E-state index is 0.256. The second-order valence-corrected chi connectivity index (χ2v) is 4.44. The van der Waals surface area contributed by atoms with E-state index in [9.17, 15) is 5.11 Å². The zero-order chi connectivity index (χ0) is 12.3. The number of nitrogens with one attached hydrogen (secondary N) is 2. The van der Waals surface area contributed by atoms with Gasteiger partial charge in [0.25, 0.3) is 0 Å². The van der Waals surface area contributed by atoms with Crippen LogP contribution in [-0.4, -0.2) is 34.8 Å². The quantitative estimate of drug-likeness (QED) is 0.693. The standard InChI is InChI=1S/C12H20N4O/c1-3-10-15-11(13-2)6-12(16-10)14-7-9(17)8-4-5-8/h6,8-9,17H,3-5,7H2,1-2H3,(H2,13,14,15,16). The molecule has 1 saturated carbocycles. The van der Waals surface area contributed by atoms with Crippen molar-refractivity contribution in [3.8, 4) is 0 Å². The minimum atomic E-state index is -0.256. The van der Waals surface area contributed by atoms with Crippen molar-refractivity contribution in [3.05, 3.63) is 11.9 Å². The Labute approximate surface area is 102 Å². The van der Waals surface area contributed by atoms with Gasteiger partial charge in [0, 0.05) is 26.1 Å². The Morgan fingerprint density at radius 1 is 1.41 bits per heavy atom. The van der Waals surface area contributed by atoms with Gasteiger partial charge < -0.3 is 15.7 Å². The average molecular weight is 236 g/mol. The number of aromatic nitrogens is 2. The molecule has 0 radical (unpaired) electrons. The van der Waals surface area contributed by atoms with Crippen LogP contribution in [0.4, 0.5) is 11.6 Å². The van der Waals surface area contributed by atoms with E-state index in [1.807, 2.05) is 20.0 Å². The molecule has 0 bridgehead atoms. The molecular weight excluding hydrogens is 216 g/mol. The molecule has 0 aliphatic heterocycles. The summed E-state index contributed by atoms with van der Waals surface area (Å²) in [6.45, 7) is 2.59. The normalized spacial score (nSPS) is 16.6. The van der Waals surface area contributed by atoms with Crippen molar-refractivity contribution >= 4 is 11.6 Å². The molecule has 0 amide bonds. The number of rotatable bonds is 6. The molecular formula is C12H20N4O. The van der Waals surface area contributed by atoms with Gasteiger partial charge in [-0.2, -0.15) is 0 Å². The third-order valence-corrected chi connectivity index (χ3v) is 3.00. The largest absolute Gasteiger partial charge is 0.391 e. The van der Waals surface area contributed by atoms with E-state index in [1.165, 1.54) is 0 Å². The maximum absolute atomic E-state index is 9.78. The second-order valence-electron chi connectivity index (χ2n) is 4.44. The number of nitrogens with zero attached hydrogens (tertiary/aromatic N) is 2. The van der Waals surface area contributed by atoms with Gasteiger partial charge in [-0.3, -0.25) is 0 Å². The lowest BCUT2D eigenvalue weighted by molar-refractivity contribution is 0.164. The van der Waals surface area contributed by atoms with Gasteiger partial charge >= 0.3 is 0 Å². The summed E-state index contributed by atoms with van der Waals surface area (Å²) >= 11 is 0. The van der Waals surface area contributed by atoms with E-state index >= 15 is 0 Å². The fourth-order valence-electron chi connectivity index (χ4n) is 1.73. The van der Waals surface area contributed by atoms with Crippen LogP contribution in [0.25, 0.3) is 0 Å². The van der Waals surface area contributed by atoms with Crippen LogP contribution in [0.5, 0.6) is 0 Å². The fourth-order valence-corrected chi connectivity index (χ4v) is 1.73. The van der Waals surface area contributed by atoms with E-state index in [4.69, 9.17) is 0 Å². The molecule has 2 rings (SSSR count). The third kappa shape index (κ3) is 3.30. The van der Waals surface area contributed by atoms with Crippen LogP contribution < -0.4 is 10.6 Å². The molecule has 1 aliphatic rings. The van der Waals surface area contributed by atoms with Gasteiger partial charge in [0.15, 0.2) is 0 Å². The first-order valence-electron chi connectivity index (χ1n) is 6.20. The summed E-state index contributed by atoms with van der Waals surface area (Å²) in [5.74, 6) is 2.88. The van der Waals surface area contributed by atoms with Gasteiger partial charge in [0.1, 0.15) is 17.5 Å². The van der Waals surface area contributed by atoms with Crippen molar-refractivity contribution in [2.75, 3.05) is 24.2 Å². The third-order valence-electron chi connectivity index (χ3n) is 3.00. The lowest BCUT2D eigenvalue weighted by Gasteiger charge is -2.12. The highest BCUT2D eigenvalue weighted by Gasteiger charge is 2.29. The zero-order valence-electron chi connectivity index (χ0n) is 10.4. The van der Waals surface area contributed by atoms with E-state index in [0.717, 1.165) is 36.7 Å². The van der Waals surface area contributed by atoms with E-state index in [0.29, 0.717) is 12.5 Å².